The normalized spacial score (nSPS) is 17.9. The van der Waals surface area contributed by atoms with E-state index in [0.717, 1.165) is 46.3 Å². The van der Waals surface area contributed by atoms with E-state index in [1.165, 1.54) is 73.3 Å². The van der Waals surface area contributed by atoms with Crippen molar-refractivity contribution in [2.45, 2.75) is 46.5 Å². The van der Waals surface area contributed by atoms with Gasteiger partial charge in [0.25, 0.3) is 0 Å². The Bertz CT molecular complexity index is 1310. The van der Waals surface area contributed by atoms with Gasteiger partial charge in [-0.05, 0) is 60.9 Å². The van der Waals surface area contributed by atoms with Gasteiger partial charge in [0.05, 0.1) is 26.7 Å². The molecule has 0 N–H and O–H groups in total. The molecular formula is C36H64F12N8P2S3-2. The van der Waals surface area contributed by atoms with Crippen LogP contribution >= 0.6 is 50.9 Å². The van der Waals surface area contributed by atoms with E-state index in [-0.39, 0.29) is 0 Å². The Morgan fingerprint density at radius 3 is 0.984 bits per heavy atom. The first-order valence-electron chi connectivity index (χ1n) is 19.4. The number of unbranched alkanes of at least 4 members (excludes halogenated alkanes) is 1. The fraction of sp³-hybridized carbons (Fsp3) is 0.611. The Morgan fingerprint density at radius 1 is 0.410 bits per heavy atom. The van der Waals surface area contributed by atoms with Crippen LogP contribution in [0.4, 0.5) is 50.4 Å². The van der Waals surface area contributed by atoms with Crippen molar-refractivity contribution in [3.8, 4) is 0 Å². The number of thioether (sulfide) groups is 3. The third kappa shape index (κ3) is 44.1. The third-order valence-electron chi connectivity index (χ3n) is 7.72. The first kappa shape index (κ1) is 58.6. The van der Waals surface area contributed by atoms with Crippen LogP contribution in [-0.4, -0.2) is 133 Å². The van der Waals surface area contributed by atoms with Crippen LogP contribution < -0.4 is 0 Å². The number of halogens is 12. The first-order chi connectivity index (χ1) is 27.9. The summed E-state index contributed by atoms with van der Waals surface area (Å²) >= 11 is 6.07. The van der Waals surface area contributed by atoms with Crippen LogP contribution in [0.15, 0.2) is 87.9 Å². The second kappa shape index (κ2) is 25.8. The Kier molecular flexibility index (Phi) is 24.8. The van der Waals surface area contributed by atoms with Crippen LogP contribution in [0.5, 0.6) is 0 Å². The van der Waals surface area contributed by atoms with Crippen LogP contribution in [0.1, 0.15) is 46.5 Å². The minimum atomic E-state index is -10.7. The topological polar surface area (TPSA) is 25.9 Å². The Hall–Kier alpha value is -2.35. The average molecular weight is 995 g/mol. The standard InChI is InChI=1S/C16H26N4S.C11H22N2S.C9H16N2S.2F6P/c1-3-17-9-11-19(15-17)7-5-13-21-14-6-8-20-12-10-18(4-2)16-20;1-3-5-6-12-7-8-13(11-12)9-10-14-4-2;1-3-10-5-6-11(9-10)7-8-12-4-2;2*1-7(2,3,4,5)6/h3-4,9-12H,1-2,5-8,13-16H2;7-8H,3-6,9-11H2,1-2H3;3,5-6H,1,4,7-9H2,2H3;;/q;;;2*-1. The molecular weight excluding hydrogens is 931 g/mol. The monoisotopic (exact) mass is 994 g/mol. The van der Waals surface area contributed by atoms with E-state index in [1.54, 1.807) is 0 Å². The molecule has 0 fully saturated rings. The van der Waals surface area contributed by atoms with Crippen LogP contribution in [0, 0.1) is 0 Å². The molecule has 0 unspecified atom stereocenters. The van der Waals surface area contributed by atoms with Crippen LogP contribution in [0.25, 0.3) is 0 Å². The molecule has 61 heavy (non-hydrogen) atoms. The van der Waals surface area contributed by atoms with E-state index in [4.69, 9.17) is 0 Å². The molecule has 0 aromatic rings. The second-order valence-corrected chi connectivity index (χ2v) is 21.2. The zero-order chi connectivity index (χ0) is 46.8. The fourth-order valence-electron chi connectivity index (χ4n) is 4.90. The summed E-state index contributed by atoms with van der Waals surface area (Å²) in [7, 11) is -21.3. The molecule has 0 saturated carbocycles. The number of hydrogen-bond acceptors (Lipinski definition) is 11. The average Bonchev–Trinajstić information content (AvgIpc) is 3.97. The van der Waals surface area contributed by atoms with Crippen LogP contribution in [-0.2, 0) is 0 Å². The van der Waals surface area contributed by atoms with E-state index in [0.29, 0.717) is 0 Å². The van der Waals surface area contributed by atoms with Gasteiger partial charge < -0.3 is 39.2 Å². The van der Waals surface area contributed by atoms with Crippen molar-refractivity contribution in [2.75, 3.05) is 93.9 Å². The molecule has 0 saturated heterocycles. The predicted molar refractivity (Wildman–Crippen MR) is 240 cm³/mol. The molecule has 0 aliphatic carbocycles. The molecule has 8 nitrogen and oxygen atoms in total. The van der Waals surface area contributed by atoms with Crippen molar-refractivity contribution in [3.05, 3.63) is 87.9 Å². The van der Waals surface area contributed by atoms with Gasteiger partial charge in [-0.3, -0.25) is 0 Å². The van der Waals surface area contributed by atoms with Crippen LogP contribution in [0.2, 0.25) is 0 Å². The van der Waals surface area contributed by atoms with Gasteiger partial charge in [-0.15, -0.1) is 0 Å². The summed E-state index contributed by atoms with van der Waals surface area (Å²) in [5.41, 5.74) is 0. The Morgan fingerprint density at radius 2 is 0.689 bits per heavy atom. The predicted octanol–water partition coefficient (Wildman–Crippen LogP) is 14.2. The molecule has 4 aliphatic rings. The van der Waals surface area contributed by atoms with Crippen molar-refractivity contribution in [1.82, 2.24) is 39.2 Å². The molecule has 0 aromatic carbocycles. The Balaban J connectivity index is 0.000000789. The number of rotatable bonds is 22. The zero-order valence-electron chi connectivity index (χ0n) is 35.1. The van der Waals surface area contributed by atoms with Gasteiger partial charge in [0.15, 0.2) is 0 Å². The summed E-state index contributed by atoms with van der Waals surface area (Å²) in [6.07, 6.45) is 27.8. The second-order valence-electron chi connectivity index (χ2n) is 13.4. The summed E-state index contributed by atoms with van der Waals surface area (Å²) in [6, 6.07) is 0. The van der Waals surface area contributed by atoms with Gasteiger partial charge in [-0.2, -0.15) is 35.3 Å². The quantitative estimate of drug-likeness (QED) is 0.0589. The van der Waals surface area contributed by atoms with E-state index in [9.17, 15) is 50.4 Å². The number of hydrogen-bond donors (Lipinski definition) is 0. The molecule has 0 aromatic heterocycles. The molecule has 4 aliphatic heterocycles. The van der Waals surface area contributed by atoms with Crippen molar-refractivity contribution in [3.63, 3.8) is 0 Å². The van der Waals surface area contributed by atoms with Crippen molar-refractivity contribution < 1.29 is 50.4 Å². The van der Waals surface area contributed by atoms with E-state index in [1.807, 2.05) is 42.1 Å². The van der Waals surface area contributed by atoms with Gasteiger partial charge in [-0.25, -0.2) is 0 Å². The molecule has 362 valence electrons. The summed E-state index contributed by atoms with van der Waals surface area (Å²) in [6.45, 7) is 27.7. The zero-order valence-corrected chi connectivity index (χ0v) is 39.4. The summed E-state index contributed by atoms with van der Waals surface area (Å²) in [5.74, 6) is 7.40. The van der Waals surface area contributed by atoms with Crippen LogP contribution in [0.3, 0.4) is 0 Å². The summed E-state index contributed by atoms with van der Waals surface area (Å²) in [4.78, 5) is 18.0. The molecule has 0 radical (unpaired) electrons. The maximum absolute atomic E-state index is 10.7. The van der Waals surface area contributed by atoms with E-state index < -0.39 is 15.6 Å². The Labute approximate surface area is 367 Å². The molecule has 0 bridgehead atoms. The van der Waals surface area contributed by atoms with Gasteiger partial charge >= 0.3 is 66.0 Å². The fourth-order valence-corrected chi connectivity index (χ4v) is 7.08. The van der Waals surface area contributed by atoms with E-state index >= 15 is 0 Å². The van der Waals surface area contributed by atoms with Gasteiger partial charge in [0.2, 0.25) is 0 Å². The first-order valence-corrected chi connectivity index (χ1v) is 26.9. The molecule has 4 heterocycles. The van der Waals surface area contributed by atoms with Crippen molar-refractivity contribution in [1.29, 1.82) is 0 Å². The molecule has 25 heteroatoms. The van der Waals surface area contributed by atoms with Crippen molar-refractivity contribution in [2.24, 2.45) is 0 Å². The van der Waals surface area contributed by atoms with Crippen molar-refractivity contribution >= 4 is 50.9 Å². The van der Waals surface area contributed by atoms with Gasteiger partial charge in [-0.1, -0.05) is 46.9 Å². The van der Waals surface area contributed by atoms with Gasteiger partial charge in [0, 0.05) is 93.8 Å². The third-order valence-corrected chi connectivity index (χ3v) is 10.6. The number of nitrogens with zero attached hydrogens (tertiary/aromatic N) is 8. The summed E-state index contributed by atoms with van der Waals surface area (Å²) < 4.78 is 118. The van der Waals surface area contributed by atoms with Gasteiger partial charge in [0.1, 0.15) is 0 Å². The maximum atomic E-state index is 9.87. The SMILES string of the molecule is C=CN1C=CN(CCCSCCCN2C=CN(C=C)C2)C1.C=CN1C=CN(CCSCC)C1.CCCCN1C=CN(CCSCC)C1.F[P-](F)(F)(F)(F)F.F[P-](F)(F)(F)(F)F. The summed E-state index contributed by atoms with van der Waals surface area (Å²) in [5, 5.41) is 0. The molecule has 0 spiro atoms. The molecule has 0 amide bonds. The molecule has 0 atom stereocenters. The minimum absolute atomic E-state index is 0.954. The van der Waals surface area contributed by atoms with E-state index in [2.05, 4.69) is 141 Å². The molecule has 4 rings (SSSR count).